The minimum atomic E-state index is -0.353. The van der Waals surface area contributed by atoms with E-state index in [1.807, 2.05) is 0 Å². The van der Waals surface area contributed by atoms with Crippen LogP contribution in [0.3, 0.4) is 0 Å². The van der Waals surface area contributed by atoms with E-state index in [0.717, 1.165) is 18.9 Å². The summed E-state index contributed by atoms with van der Waals surface area (Å²) in [5, 5.41) is 11.5. The van der Waals surface area contributed by atoms with E-state index in [4.69, 9.17) is 5.73 Å². The van der Waals surface area contributed by atoms with E-state index in [1.165, 1.54) is 31.4 Å². The fraction of sp³-hybridized carbons (Fsp3) is 0.462. The van der Waals surface area contributed by atoms with Gasteiger partial charge in [0.15, 0.2) is 5.82 Å². The Morgan fingerprint density at radius 2 is 2.21 bits per heavy atom. The van der Waals surface area contributed by atoms with Crippen molar-refractivity contribution in [3.8, 4) is 11.4 Å². The third-order valence-electron chi connectivity index (χ3n) is 3.74. The van der Waals surface area contributed by atoms with Crippen molar-refractivity contribution in [3.63, 3.8) is 0 Å². The molecule has 1 saturated carbocycles. The molecule has 6 heteroatoms. The van der Waals surface area contributed by atoms with Crippen LogP contribution in [-0.4, -0.2) is 20.2 Å². The van der Waals surface area contributed by atoms with Crippen molar-refractivity contribution in [2.24, 2.45) is 5.92 Å². The number of hydrogen-bond acceptors (Lipinski definition) is 4. The molecule has 1 aromatic heterocycles. The minimum absolute atomic E-state index is 0.353. The van der Waals surface area contributed by atoms with Crippen molar-refractivity contribution in [2.45, 2.75) is 32.2 Å². The van der Waals surface area contributed by atoms with Crippen molar-refractivity contribution >= 4 is 5.69 Å². The van der Waals surface area contributed by atoms with E-state index in [9.17, 15) is 4.39 Å². The first kappa shape index (κ1) is 12.1. The Morgan fingerprint density at radius 3 is 2.95 bits per heavy atom. The molecule has 0 saturated heterocycles. The molecule has 1 aliphatic rings. The van der Waals surface area contributed by atoms with E-state index >= 15 is 0 Å². The van der Waals surface area contributed by atoms with E-state index in [1.54, 1.807) is 10.7 Å². The lowest BCUT2D eigenvalue weighted by atomic mass is 9.83. The lowest BCUT2D eigenvalue weighted by Gasteiger charge is -2.24. The molecule has 1 aliphatic carbocycles. The van der Waals surface area contributed by atoms with E-state index < -0.39 is 0 Å². The number of rotatable bonds is 4. The van der Waals surface area contributed by atoms with Crippen molar-refractivity contribution in [2.75, 3.05) is 5.73 Å². The Kier molecular flexibility index (Phi) is 3.15. The number of aromatic nitrogens is 4. The highest BCUT2D eigenvalue weighted by molar-refractivity contribution is 5.61. The Hall–Kier alpha value is -1.98. The van der Waals surface area contributed by atoms with Crippen LogP contribution in [0, 0.1) is 11.7 Å². The summed E-state index contributed by atoms with van der Waals surface area (Å²) in [4.78, 5) is 0. The lowest BCUT2D eigenvalue weighted by molar-refractivity contribution is 0.277. The van der Waals surface area contributed by atoms with Crippen molar-refractivity contribution in [3.05, 3.63) is 24.0 Å². The molecular formula is C13H16FN5. The first-order valence-corrected chi connectivity index (χ1v) is 6.55. The number of benzene rings is 1. The van der Waals surface area contributed by atoms with Gasteiger partial charge in [0.25, 0.3) is 0 Å². The molecule has 19 heavy (non-hydrogen) atoms. The number of nitrogens with zero attached hydrogens (tertiary/aromatic N) is 4. The van der Waals surface area contributed by atoms with Gasteiger partial charge in [-0.05, 0) is 41.0 Å². The van der Waals surface area contributed by atoms with Gasteiger partial charge in [-0.2, -0.15) is 0 Å². The molecule has 2 N–H and O–H groups in total. The molecule has 1 heterocycles. The van der Waals surface area contributed by atoms with Crippen LogP contribution in [0.5, 0.6) is 0 Å². The van der Waals surface area contributed by atoms with Gasteiger partial charge >= 0.3 is 0 Å². The Bertz CT molecular complexity index is 576. The zero-order valence-corrected chi connectivity index (χ0v) is 10.6. The monoisotopic (exact) mass is 261 g/mol. The Labute approximate surface area is 110 Å². The predicted molar refractivity (Wildman–Crippen MR) is 69.6 cm³/mol. The number of aryl methyl sites for hydroxylation is 1. The quantitative estimate of drug-likeness (QED) is 0.857. The van der Waals surface area contributed by atoms with Crippen molar-refractivity contribution in [1.82, 2.24) is 20.2 Å². The molecule has 0 bridgehead atoms. The minimum Gasteiger partial charge on any atom is -0.399 e. The summed E-state index contributed by atoms with van der Waals surface area (Å²) < 4.78 is 15.5. The van der Waals surface area contributed by atoms with E-state index in [-0.39, 0.29) is 5.82 Å². The largest absolute Gasteiger partial charge is 0.399 e. The summed E-state index contributed by atoms with van der Waals surface area (Å²) in [6, 6.07) is 4.44. The van der Waals surface area contributed by atoms with Crippen LogP contribution in [0.4, 0.5) is 10.1 Å². The lowest BCUT2D eigenvalue weighted by Crippen LogP contribution is -2.15. The van der Waals surface area contributed by atoms with Gasteiger partial charge in [0.1, 0.15) is 5.82 Å². The first-order valence-electron chi connectivity index (χ1n) is 6.55. The molecule has 0 radical (unpaired) electrons. The maximum Gasteiger partial charge on any atom is 0.185 e. The van der Waals surface area contributed by atoms with Crippen LogP contribution < -0.4 is 5.73 Å². The number of nitrogen functional groups attached to an aromatic ring is 1. The van der Waals surface area contributed by atoms with Gasteiger partial charge in [-0.25, -0.2) is 9.07 Å². The summed E-state index contributed by atoms with van der Waals surface area (Å²) in [5.41, 5.74) is 6.56. The third-order valence-corrected chi connectivity index (χ3v) is 3.74. The maximum absolute atomic E-state index is 13.8. The zero-order chi connectivity index (χ0) is 13.2. The second-order valence-electron chi connectivity index (χ2n) is 5.05. The first-order chi connectivity index (χ1) is 9.24. The van der Waals surface area contributed by atoms with Gasteiger partial charge in [0.2, 0.25) is 0 Å². The maximum atomic E-state index is 13.8. The molecule has 0 unspecified atom stereocenters. The number of anilines is 1. The topological polar surface area (TPSA) is 69.6 Å². The molecule has 2 aromatic rings. The predicted octanol–water partition coefficient (Wildman–Crippen LogP) is 2.25. The summed E-state index contributed by atoms with van der Waals surface area (Å²) in [6.07, 6.45) is 4.92. The highest BCUT2D eigenvalue weighted by Crippen LogP contribution is 2.30. The second kappa shape index (κ2) is 4.95. The number of halogens is 1. The van der Waals surface area contributed by atoms with Crippen molar-refractivity contribution in [1.29, 1.82) is 0 Å². The molecule has 1 fully saturated rings. The standard InChI is InChI=1S/C13H16FN5/c14-12-5-4-10(15)8-11(12)13-16-17-18-19(13)7-6-9-2-1-3-9/h4-5,8-9H,1-3,6-7,15H2. The molecule has 0 amide bonds. The Balaban J connectivity index is 1.83. The molecule has 100 valence electrons. The molecule has 3 rings (SSSR count). The number of tetrazole rings is 1. The summed E-state index contributed by atoms with van der Waals surface area (Å²) in [6.45, 7) is 0.723. The fourth-order valence-corrected chi connectivity index (χ4v) is 2.35. The molecular weight excluding hydrogens is 245 g/mol. The molecule has 0 spiro atoms. The number of hydrogen-bond donors (Lipinski definition) is 1. The zero-order valence-electron chi connectivity index (χ0n) is 10.6. The van der Waals surface area contributed by atoms with Gasteiger partial charge in [0, 0.05) is 12.2 Å². The van der Waals surface area contributed by atoms with Gasteiger partial charge < -0.3 is 5.73 Å². The average Bonchev–Trinajstić information content (AvgIpc) is 2.78. The summed E-state index contributed by atoms with van der Waals surface area (Å²) >= 11 is 0. The van der Waals surface area contributed by atoms with E-state index in [2.05, 4.69) is 15.5 Å². The van der Waals surface area contributed by atoms with Crippen LogP contribution in [0.15, 0.2) is 18.2 Å². The Morgan fingerprint density at radius 1 is 1.37 bits per heavy atom. The molecule has 0 aliphatic heterocycles. The highest BCUT2D eigenvalue weighted by Gasteiger charge is 2.19. The van der Waals surface area contributed by atoms with Gasteiger partial charge in [-0.1, -0.05) is 19.3 Å². The second-order valence-corrected chi connectivity index (χ2v) is 5.05. The van der Waals surface area contributed by atoms with Crippen LogP contribution in [0.2, 0.25) is 0 Å². The van der Waals surface area contributed by atoms with Gasteiger partial charge in [-0.15, -0.1) is 5.10 Å². The van der Waals surface area contributed by atoms with Gasteiger partial charge in [-0.3, -0.25) is 0 Å². The van der Waals surface area contributed by atoms with Gasteiger partial charge in [0.05, 0.1) is 5.56 Å². The van der Waals surface area contributed by atoms with Crippen LogP contribution in [-0.2, 0) is 6.54 Å². The third kappa shape index (κ3) is 2.43. The smallest absolute Gasteiger partial charge is 0.185 e. The average molecular weight is 261 g/mol. The van der Waals surface area contributed by atoms with Crippen LogP contribution in [0.25, 0.3) is 11.4 Å². The summed E-state index contributed by atoms with van der Waals surface area (Å²) in [5.74, 6) is 0.862. The molecule has 1 aromatic carbocycles. The van der Waals surface area contributed by atoms with Crippen LogP contribution >= 0.6 is 0 Å². The fourth-order valence-electron chi connectivity index (χ4n) is 2.35. The molecule has 0 atom stereocenters. The van der Waals surface area contributed by atoms with E-state index in [0.29, 0.717) is 17.1 Å². The highest BCUT2D eigenvalue weighted by atomic mass is 19.1. The molecule has 5 nitrogen and oxygen atoms in total. The number of nitrogens with two attached hydrogens (primary N) is 1. The van der Waals surface area contributed by atoms with Crippen LogP contribution in [0.1, 0.15) is 25.7 Å². The van der Waals surface area contributed by atoms with Crippen molar-refractivity contribution < 1.29 is 4.39 Å². The summed E-state index contributed by atoms with van der Waals surface area (Å²) in [7, 11) is 0. The SMILES string of the molecule is Nc1ccc(F)c(-c2nnnn2CCC2CCC2)c1. The normalized spacial score (nSPS) is 15.4.